The van der Waals surface area contributed by atoms with Crippen LogP contribution in [0, 0.1) is 0 Å². The van der Waals surface area contributed by atoms with Gasteiger partial charge in [-0.3, -0.25) is 4.90 Å². The van der Waals surface area contributed by atoms with E-state index < -0.39 is 0 Å². The van der Waals surface area contributed by atoms with E-state index in [4.69, 9.17) is 9.47 Å². The highest BCUT2D eigenvalue weighted by Crippen LogP contribution is 2.36. The van der Waals surface area contributed by atoms with E-state index >= 15 is 0 Å². The molecule has 1 aromatic heterocycles. The van der Waals surface area contributed by atoms with E-state index in [1.165, 1.54) is 43.6 Å². The summed E-state index contributed by atoms with van der Waals surface area (Å²) in [5.41, 5.74) is 3.71. The van der Waals surface area contributed by atoms with Gasteiger partial charge in [0.15, 0.2) is 0 Å². The third-order valence-electron chi connectivity index (χ3n) is 8.13. The first-order chi connectivity index (χ1) is 18.0. The van der Waals surface area contributed by atoms with E-state index in [0.29, 0.717) is 12.0 Å². The molecular formula is C30H47N5O2. The summed E-state index contributed by atoms with van der Waals surface area (Å²) in [6.07, 6.45) is 5.49. The molecule has 2 saturated heterocycles. The summed E-state index contributed by atoms with van der Waals surface area (Å²) in [6, 6.07) is 11.6. The number of rotatable bonds is 10. The van der Waals surface area contributed by atoms with Crippen molar-refractivity contribution in [3.05, 3.63) is 47.7 Å². The smallest absolute Gasteiger partial charge is 0.134 e. The Morgan fingerprint density at radius 2 is 1.84 bits per heavy atom. The van der Waals surface area contributed by atoms with Gasteiger partial charge in [-0.2, -0.15) is 0 Å². The number of hydrogen-bond donors (Lipinski definition) is 1. The molecule has 3 unspecified atom stereocenters. The molecule has 3 heterocycles. The highest BCUT2D eigenvalue weighted by molar-refractivity contribution is 5.64. The minimum atomic E-state index is -0.131. The molecule has 0 saturated carbocycles. The summed E-state index contributed by atoms with van der Waals surface area (Å²) in [5.74, 6) is 2.40. The van der Waals surface area contributed by atoms with Crippen LogP contribution in [-0.4, -0.2) is 87.4 Å². The van der Waals surface area contributed by atoms with Crippen LogP contribution in [-0.2, 0) is 4.74 Å². The molecular weight excluding hydrogens is 462 g/mol. The van der Waals surface area contributed by atoms with Crippen LogP contribution >= 0.6 is 0 Å². The monoisotopic (exact) mass is 509 g/mol. The normalized spacial score (nSPS) is 20.9. The zero-order chi connectivity index (χ0) is 26.2. The molecule has 204 valence electrons. The molecule has 0 spiro atoms. The van der Waals surface area contributed by atoms with Crippen molar-refractivity contribution in [1.82, 2.24) is 14.8 Å². The van der Waals surface area contributed by atoms with Crippen LogP contribution in [0.1, 0.15) is 63.2 Å². The second-order valence-electron chi connectivity index (χ2n) is 10.6. The predicted octanol–water partition coefficient (Wildman–Crippen LogP) is 5.01. The van der Waals surface area contributed by atoms with Crippen molar-refractivity contribution >= 4 is 11.5 Å². The van der Waals surface area contributed by atoms with Crippen LogP contribution in [0.25, 0.3) is 0 Å². The Labute approximate surface area is 224 Å². The Morgan fingerprint density at radius 1 is 1.08 bits per heavy atom. The first-order valence-corrected chi connectivity index (χ1v) is 14.2. The van der Waals surface area contributed by atoms with Crippen molar-refractivity contribution in [1.29, 1.82) is 0 Å². The number of likely N-dealkylation sites (N-methyl/N-ethyl adjacent to an activating group) is 1. The largest absolute Gasteiger partial charge is 0.486 e. The number of pyridine rings is 1. The van der Waals surface area contributed by atoms with E-state index in [9.17, 15) is 0 Å². The maximum absolute atomic E-state index is 6.49. The summed E-state index contributed by atoms with van der Waals surface area (Å²) in [5, 5.41) is 3.27. The van der Waals surface area contributed by atoms with E-state index in [1.807, 2.05) is 13.2 Å². The first kappa shape index (κ1) is 27.7. The van der Waals surface area contributed by atoms with Crippen molar-refractivity contribution in [2.24, 2.45) is 0 Å². The van der Waals surface area contributed by atoms with Crippen LogP contribution in [0.2, 0.25) is 0 Å². The van der Waals surface area contributed by atoms with Crippen LogP contribution in [0.3, 0.4) is 0 Å². The van der Waals surface area contributed by atoms with Gasteiger partial charge in [0.05, 0.1) is 18.8 Å². The standard InChI is InChI=1S/C30H47N5O2/c1-6-33(5)22-23(2)34-16-7-8-25(14-17-34)26-9-11-27(12-10-26)37-24(3)29-28(13-15-32-30(29)31-4)35-18-20-36-21-19-35/h9-13,15,23-25H,6-8,14,16-22H2,1-5H3,(H,31,32). The van der Waals surface area contributed by atoms with E-state index in [2.05, 4.69) is 83.2 Å². The first-order valence-electron chi connectivity index (χ1n) is 14.2. The van der Waals surface area contributed by atoms with Crippen LogP contribution in [0.15, 0.2) is 36.5 Å². The Morgan fingerprint density at radius 3 is 2.54 bits per heavy atom. The number of nitrogens with zero attached hydrogens (tertiary/aromatic N) is 4. The number of ether oxygens (including phenoxy) is 2. The average Bonchev–Trinajstić information content (AvgIpc) is 3.20. The third-order valence-corrected chi connectivity index (χ3v) is 8.13. The number of anilines is 2. The second kappa shape index (κ2) is 13.4. The van der Waals surface area contributed by atoms with Crippen LogP contribution < -0.4 is 15.0 Å². The summed E-state index contributed by atoms with van der Waals surface area (Å²) in [6.45, 7) is 14.6. The lowest BCUT2D eigenvalue weighted by Crippen LogP contribution is -2.41. The minimum absolute atomic E-state index is 0.131. The Balaban J connectivity index is 1.40. The maximum Gasteiger partial charge on any atom is 0.134 e. The van der Waals surface area contributed by atoms with Crippen molar-refractivity contribution in [3.8, 4) is 5.75 Å². The molecule has 0 bridgehead atoms. The van der Waals surface area contributed by atoms with Gasteiger partial charge in [0.1, 0.15) is 17.7 Å². The molecule has 2 aromatic rings. The molecule has 0 radical (unpaired) electrons. The Bertz CT molecular complexity index is 963. The van der Waals surface area contributed by atoms with E-state index in [1.54, 1.807) is 0 Å². The summed E-state index contributed by atoms with van der Waals surface area (Å²) in [4.78, 5) is 12.1. The lowest BCUT2D eigenvalue weighted by molar-refractivity contribution is 0.122. The summed E-state index contributed by atoms with van der Waals surface area (Å²) < 4.78 is 12.1. The number of morpholine rings is 1. The molecule has 2 fully saturated rings. The highest BCUT2D eigenvalue weighted by atomic mass is 16.5. The fourth-order valence-electron chi connectivity index (χ4n) is 5.81. The SMILES string of the molecule is CCN(C)CC(C)N1CCCC(c2ccc(OC(C)c3c(N4CCOCC4)ccnc3NC)cc2)CC1. The van der Waals surface area contributed by atoms with Gasteiger partial charge in [-0.25, -0.2) is 4.98 Å². The quantitative estimate of drug-likeness (QED) is 0.483. The lowest BCUT2D eigenvalue weighted by atomic mass is 9.92. The van der Waals surface area contributed by atoms with Gasteiger partial charge in [-0.05, 0) is 89.5 Å². The maximum atomic E-state index is 6.49. The molecule has 3 atom stereocenters. The Kier molecular flexibility index (Phi) is 10.1. The van der Waals surface area contributed by atoms with Gasteiger partial charge >= 0.3 is 0 Å². The van der Waals surface area contributed by atoms with Crippen molar-refractivity contribution in [2.45, 2.75) is 58.1 Å². The predicted molar refractivity (Wildman–Crippen MR) is 153 cm³/mol. The zero-order valence-electron chi connectivity index (χ0n) is 23.6. The molecule has 0 aliphatic carbocycles. The van der Waals surface area contributed by atoms with Gasteiger partial charge in [-0.1, -0.05) is 19.1 Å². The molecule has 1 aromatic carbocycles. The molecule has 2 aliphatic heterocycles. The number of benzene rings is 1. The number of nitrogens with one attached hydrogen (secondary N) is 1. The fourth-order valence-corrected chi connectivity index (χ4v) is 5.81. The topological polar surface area (TPSA) is 53.1 Å². The summed E-state index contributed by atoms with van der Waals surface area (Å²) in [7, 11) is 4.14. The second-order valence-corrected chi connectivity index (χ2v) is 10.6. The third kappa shape index (κ3) is 7.15. The number of hydrogen-bond acceptors (Lipinski definition) is 7. The van der Waals surface area contributed by atoms with Gasteiger partial charge in [-0.15, -0.1) is 0 Å². The molecule has 2 aliphatic rings. The zero-order valence-corrected chi connectivity index (χ0v) is 23.6. The van der Waals surface area contributed by atoms with Gasteiger partial charge < -0.3 is 24.6 Å². The summed E-state index contributed by atoms with van der Waals surface area (Å²) >= 11 is 0. The minimum Gasteiger partial charge on any atom is -0.486 e. The number of aromatic nitrogens is 1. The molecule has 0 amide bonds. The van der Waals surface area contributed by atoms with E-state index in [-0.39, 0.29) is 6.10 Å². The van der Waals surface area contributed by atoms with Crippen molar-refractivity contribution in [3.63, 3.8) is 0 Å². The van der Waals surface area contributed by atoms with Gasteiger partial charge in [0.25, 0.3) is 0 Å². The molecule has 1 N–H and O–H groups in total. The van der Waals surface area contributed by atoms with E-state index in [0.717, 1.165) is 56.5 Å². The highest BCUT2D eigenvalue weighted by Gasteiger charge is 2.24. The van der Waals surface area contributed by atoms with Gasteiger partial charge in [0.2, 0.25) is 0 Å². The molecule has 7 heteroatoms. The Hall–Kier alpha value is -2.35. The van der Waals surface area contributed by atoms with Crippen LogP contribution in [0.5, 0.6) is 5.75 Å². The van der Waals surface area contributed by atoms with Crippen molar-refractivity contribution < 1.29 is 9.47 Å². The lowest BCUT2D eigenvalue weighted by Gasteiger charge is -2.32. The fraction of sp³-hybridized carbons (Fsp3) is 0.633. The molecule has 7 nitrogen and oxygen atoms in total. The molecule has 37 heavy (non-hydrogen) atoms. The molecule has 4 rings (SSSR count). The number of likely N-dealkylation sites (tertiary alicyclic amines) is 1. The van der Waals surface area contributed by atoms with Gasteiger partial charge in [0, 0.05) is 44.6 Å². The average molecular weight is 510 g/mol. The van der Waals surface area contributed by atoms with Crippen LogP contribution in [0.4, 0.5) is 11.5 Å². The van der Waals surface area contributed by atoms with Crippen molar-refractivity contribution in [2.75, 3.05) is 76.8 Å².